The summed E-state index contributed by atoms with van der Waals surface area (Å²) in [6.45, 7) is 3.77. The Morgan fingerprint density at radius 3 is 2.81 bits per heavy atom. The summed E-state index contributed by atoms with van der Waals surface area (Å²) >= 11 is 1.17. The van der Waals surface area contributed by atoms with E-state index in [1.165, 1.54) is 17.1 Å². The third-order valence-electron chi connectivity index (χ3n) is 6.24. The smallest absolute Gasteiger partial charge is 0.275 e. The Morgan fingerprint density at radius 1 is 1.19 bits per heavy atom. The Hall–Kier alpha value is -3.20. The number of aryl methyl sites for hydroxylation is 1. The van der Waals surface area contributed by atoms with Crippen molar-refractivity contribution in [2.75, 3.05) is 24.5 Å². The van der Waals surface area contributed by atoms with Crippen LogP contribution < -0.4 is 4.90 Å². The van der Waals surface area contributed by atoms with E-state index in [1.54, 1.807) is 10.3 Å². The zero-order valence-electron chi connectivity index (χ0n) is 17.9. The molecular weight excluding hydrogens is 424 g/mol. The molecule has 0 unspecified atom stereocenters. The van der Waals surface area contributed by atoms with E-state index >= 15 is 0 Å². The molecule has 0 radical (unpaired) electrons. The highest BCUT2D eigenvalue weighted by Crippen LogP contribution is 2.32. The lowest BCUT2D eigenvalue weighted by Crippen LogP contribution is -2.38. The first-order valence-corrected chi connectivity index (χ1v) is 11.7. The lowest BCUT2D eigenvalue weighted by atomic mass is 10.0. The minimum absolute atomic E-state index is 0.0440. The van der Waals surface area contributed by atoms with E-state index in [0.717, 1.165) is 29.9 Å². The van der Waals surface area contributed by atoms with E-state index in [0.29, 0.717) is 44.0 Å². The van der Waals surface area contributed by atoms with Gasteiger partial charge in [-0.05, 0) is 43.3 Å². The number of aromatic nitrogens is 4. The van der Waals surface area contributed by atoms with Crippen LogP contribution in [0.4, 0.5) is 5.82 Å². The van der Waals surface area contributed by atoms with Crippen LogP contribution in [-0.2, 0) is 17.6 Å². The fourth-order valence-corrected chi connectivity index (χ4v) is 4.91. The predicted octanol–water partition coefficient (Wildman–Crippen LogP) is 2.79. The second-order valence-electron chi connectivity index (χ2n) is 8.28. The summed E-state index contributed by atoms with van der Waals surface area (Å²) in [4.78, 5) is 38.7. The van der Waals surface area contributed by atoms with Gasteiger partial charge in [-0.25, -0.2) is 9.97 Å². The van der Waals surface area contributed by atoms with E-state index in [4.69, 9.17) is 9.97 Å². The third kappa shape index (κ3) is 4.00. The summed E-state index contributed by atoms with van der Waals surface area (Å²) in [7, 11) is 0. The van der Waals surface area contributed by atoms with Gasteiger partial charge in [0.25, 0.3) is 5.91 Å². The van der Waals surface area contributed by atoms with Crippen LogP contribution in [0.1, 0.15) is 51.9 Å². The van der Waals surface area contributed by atoms with Crippen molar-refractivity contribution in [1.82, 2.24) is 24.5 Å². The molecule has 1 fully saturated rings. The zero-order chi connectivity index (χ0) is 22.1. The molecule has 0 bridgehead atoms. The van der Waals surface area contributed by atoms with Gasteiger partial charge in [-0.2, -0.15) is 0 Å². The van der Waals surface area contributed by atoms with Crippen LogP contribution in [0.15, 0.2) is 35.7 Å². The van der Waals surface area contributed by atoms with Crippen LogP contribution in [-0.4, -0.2) is 55.9 Å². The molecule has 2 amide bonds. The normalized spacial score (nSPS) is 18.2. The van der Waals surface area contributed by atoms with E-state index in [2.05, 4.69) is 21.7 Å². The van der Waals surface area contributed by atoms with Gasteiger partial charge in [-0.1, -0.05) is 34.8 Å². The average Bonchev–Trinajstić information content (AvgIpc) is 3.51. The van der Waals surface area contributed by atoms with E-state index in [-0.39, 0.29) is 17.7 Å². The van der Waals surface area contributed by atoms with Crippen LogP contribution in [0, 0.1) is 6.92 Å². The number of fused-ring (bicyclic) bond motifs is 1. The lowest BCUT2D eigenvalue weighted by molar-refractivity contribution is -0.118. The number of benzene rings is 1. The predicted molar refractivity (Wildman–Crippen MR) is 121 cm³/mol. The second kappa shape index (κ2) is 8.74. The number of amides is 2. The molecule has 2 aliphatic heterocycles. The number of carbonyl (C=O) groups is 2. The first kappa shape index (κ1) is 20.7. The molecule has 3 aromatic rings. The summed E-state index contributed by atoms with van der Waals surface area (Å²) in [5.41, 5.74) is 3.56. The van der Waals surface area contributed by atoms with Crippen LogP contribution >= 0.6 is 11.5 Å². The van der Waals surface area contributed by atoms with Crippen molar-refractivity contribution in [1.29, 1.82) is 0 Å². The van der Waals surface area contributed by atoms with Gasteiger partial charge in [0.1, 0.15) is 11.6 Å². The van der Waals surface area contributed by atoms with Crippen LogP contribution in [0.3, 0.4) is 0 Å². The minimum Gasteiger partial charge on any atom is -0.336 e. The molecule has 0 aliphatic carbocycles. The molecule has 1 atom stereocenters. The van der Waals surface area contributed by atoms with Crippen molar-refractivity contribution >= 4 is 29.2 Å². The maximum absolute atomic E-state index is 12.8. The number of likely N-dealkylation sites (tertiary alicyclic amines) is 1. The molecule has 5 rings (SSSR count). The summed E-state index contributed by atoms with van der Waals surface area (Å²) in [5, 5.41) is 5.57. The molecule has 2 aliphatic rings. The maximum Gasteiger partial charge on any atom is 0.275 e. The highest BCUT2D eigenvalue weighted by atomic mass is 32.1. The SMILES string of the molecule is Cc1nc([C@@H]2CCN(C(=O)c3csnn3)C2)nc2c1CCC(=O)N2CCc1ccccc1. The summed E-state index contributed by atoms with van der Waals surface area (Å²) < 4.78 is 3.79. The summed E-state index contributed by atoms with van der Waals surface area (Å²) in [6, 6.07) is 10.2. The molecule has 9 heteroatoms. The van der Waals surface area contributed by atoms with Gasteiger partial charge in [-0.15, -0.1) is 5.10 Å². The van der Waals surface area contributed by atoms with Gasteiger partial charge in [0.2, 0.25) is 5.91 Å². The number of nitrogens with zero attached hydrogens (tertiary/aromatic N) is 6. The molecular formula is C23H24N6O2S. The Kier molecular flexibility index (Phi) is 5.65. The highest BCUT2D eigenvalue weighted by molar-refractivity contribution is 7.03. The van der Waals surface area contributed by atoms with Gasteiger partial charge in [0.05, 0.1) is 0 Å². The van der Waals surface area contributed by atoms with Gasteiger partial charge < -0.3 is 4.90 Å². The van der Waals surface area contributed by atoms with E-state index in [1.807, 2.05) is 30.0 Å². The number of hydrogen-bond donors (Lipinski definition) is 0. The quantitative estimate of drug-likeness (QED) is 0.596. The van der Waals surface area contributed by atoms with Crippen LogP contribution in [0.2, 0.25) is 0 Å². The van der Waals surface area contributed by atoms with Crippen LogP contribution in [0.25, 0.3) is 0 Å². The largest absolute Gasteiger partial charge is 0.336 e. The van der Waals surface area contributed by atoms with Crippen molar-refractivity contribution in [3.05, 3.63) is 64.1 Å². The maximum atomic E-state index is 12.8. The Balaban J connectivity index is 1.37. The van der Waals surface area contributed by atoms with Crippen molar-refractivity contribution in [3.8, 4) is 0 Å². The number of carbonyl (C=O) groups excluding carboxylic acids is 2. The molecule has 164 valence electrons. The van der Waals surface area contributed by atoms with Gasteiger partial charge >= 0.3 is 0 Å². The van der Waals surface area contributed by atoms with Crippen molar-refractivity contribution in [3.63, 3.8) is 0 Å². The zero-order valence-corrected chi connectivity index (χ0v) is 18.7. The Labute approximate surface area is 190 Å². The molecule has 1 saturated heterocycles. The first-order valence-electron chi connectivity index (χ1n) is 10.9. The topological polar surface area (TPSA) is 92.2 Å². The number of rotatable bonds is 5. The van der Waals surface area contributed by atoms with Gasteiger partial charge in [0, 0.05) is 48.6 Å². The summed E-state index contributed by atoms with van der Waals surface area (Å²) in [6.07, 6.45) is 2.73. The molecule has 0 saturated carbocycles. The van der Waals surface area contributed by atoms with Crippen molar-refractivity contribution < 1.29 is 9.59 Å². The molecule has 0 N–H and O–H groups in total. The Bertz CT molecular complexity index is 1130. The fraction of sp³-hybridized carbons (Fsp3) is 0.391. The third-order valence-corrected chi connectivity index (χ3v) is 6.75. The molecule has 0 spiro atoms. The average molecular weight is 449 g/mol. The van der Waals surface area contributed by atoms with E-state index in [9.17, 15) is 9.59 Å². The van der Waals surface area contributed by atoms with Crippen molar-refractivity contribution in [2.24, 2.45) is 0 Å². The minimum atomic E-state index is -0.101. The van der Waals surface area contributed by atoms with E-state index < -0.39 is 0 Å². The summed E-state index contributed by atoms with van der Waals surface area (Å²) in [5.74, 6) is 1.51. The molecule has 2 aromatic heterocycles. The molecule has 1 aromatic carbocycles. The highest BCUT2D eigenvalue weighted by Gasteiger charge is 2.33. The first-order chi connectivity index (χ1) is 15.6. The van der Waals surface area contributed by atoms with Crippen LogP contribution in [0.5, 0.6) is 0 Å². The Morgan fingerprint density at radius 2 is 2.03 bits per heavy atom. The van der Waals surface area contributed by atoms with Crippen molar-refractivity contribution in [2.45, 2.75) is 38.5 Å². The lowest BCUT2D eigenvalue weighted by Gasteiger charge is -2.30. The van der Waals surface area contributed by atoms with Gasteiger partial charge in [-0.3, -0.25) is 14.5 Å². The molecule has 32 heavy (non-hydrogen) atoms. The molecule has 8 nitrogen and oxygen atoms in total. The van der Waals surface area contributed by atoms with Gasteiger partial charge in [0.15, 0.2) is 5.69 Å². The number of anilines is 1. The fourth-order valence-electron chi connectivity index (χ4n) is 4.48. The second-order valence-corrected chi connectivity index (χ2v) is 8.89. The number of hydrogen-bond acceptors (Lipinski definition) is 7. The molecule has 4 heterocycles. The standard InChI is InChI=1S/C23H24N6O2S/c1-15-18-7-8-20(30)29(12-9-16-5-3-2-4-6-16)22(18)25-21(24-15)17-10-11-28(13-17)23(31)19-14-32-27-26-19/h2-6,14,17H,7-13H2,1H3/t17-/m1/s1. The monoisotopic (exact) mass is 448 g/mol.